The second kappa shape index (κ2) is 6.34. The van der Waals surface area contributed by atoms with Crippen LogP contribution in [0.5, 0.6) is 0 Å². The van der Waals surface area contributed by atoms with Crippen molar-refractivity contribution >= 4 is 0 Å². The van der Waals surface area contributed by atoms with E-state index in [-0.39, 0.29) is 0 Å². The minimum atomic E-state index is -4.32. The standard InChI is InChI=1S/C10H14F3NO2/c1-3-14(7-10(11,12)13)8(2)5-4-6-9(15)16/h3-6,9,15-16H,1,7H2,2H3/b6-4-,8-5+. The Kier molecular flexibility index (Phi) is 5.84. The summed E-state index contributed by atoms with van der Waals surface area (Å²) in [6, 6.07) is 0. The molecule has 0 aromatic heterocycles. The molecule has 0 amide bonds. The maximum Gasteiger partial charge on any atom is 0.406 e. The number of aliphatic hydroxyl groups is 2. The molecule has 16 heavy (non-hydrogen) atoms. The summed E-state index contributed by atoms with van der Waals surface area (Å²) >= 11 is 0. The molecule has 0 unspecified atom stereocenters. The van der Waals surface area contributed by atoms with Gasteiger partial charge in [0.1, 0.15) is 6.54 Å². The molecule has 0 bridgehead atoms. The fourth-order valence-electron chi connectivity index (χ4n) is 0.916. The Hall–Kier alpha value is -1.27. The zero-order valence-electron chi connectivity index (χ0n) is 8.78. The number of nitrogens with zero attached hydrogens (tertiary/aromatic N) is 1. The quantitative estimate of drug-likeness (QED) is 0.565. The van der Waals surface area contributed by atoms with Gasteiger partial charge in [-0.1, -0.05) is 12.7 Å². The topological polar surface area (TPSA) is 43.7 Å². The highest BCUT2D eigenvalue weighted by atomic mass is 19.4. The molecule has 0 heterocycles. The minimum Gasteiger partial charge on any atom is -0.365 e. The van der Waals surface area contributed by atoms with Crippen LogP contribution in [0.2, 0.25) is 0 Å². The number of rotatable bonds is 5. The molecule has 6 heteroatoms. The lowest BCUT2D eigenvalue weighted by atomic mass is 10.3. The Balaban J connectivity index is 4.53. The molecule has 0 aromatic carbocycles. The van der Waals surface area contributed by atoms with Crippen LogP contribution in [0, 0.1) is 0 Å². The van der Waals surface area contributed by atoms with Crippen molar-refractivity contribution in [1.29, 1.82) is 0 Å². The van der Waals surface area contributed by atoms with Crippen LogP contribution in [0.1, 0.15) is 6.92 Å². The summed E-state index contributed by atoms with van der Waals surface area (Å²) in [5.41, 5.74) is 0.296. The Morgan fingerprint density at radius 2 is 2.00 bits per heavy atom. The normalized spacial score (nSPS) is 13.6. The van der Waals surface area contributed by atoms with E-state index in [2.05, 4.69) is 6.58 Å². The van der Waals surface area contributed by atoms with Gasteiger partial charge >= 0.3 is 6.18 Å². The highest BCUT2D eigenvalue weighted by Crippen LogP contribution is 2.19. The highest BCUT2D eigenvalue weighted by molar-refractivity contribution is 5.12. The monoisotopic (exact) mass is 237 g/mol. The number of aliphatic hydroxyl groups excluding tert-OH is 1. The van der Waals surface area contributed by atoms with Gasteiger partial charge in [0, 0.05) is 5.70 Å². The lowest BCUT2D eigenvalue weighted by Crippen LogP contribution is -2.28. The van der Waals surface area contributed by atoms with Gasteiger partial charge in [-0.05, 0) is 25.3 Å². The zero-order valence-corrected chi connectivity index (χ0v) is 8.78. The van der Waals surface area contributed by atoms with Crippen molar-refractivity contribution in [2.24, 2.45) is 0 Å². The average molecular weight is 237 g/mol. The van der Waals surface area contributed by atoms with Gasteiger partial charge in [-0.2, -0.15) is 13.2 Å². The van der Waals surface area contributed by atoms with E-state index in [9.17, 15) is 13.2 Å². The molecule has 0 radical (unpaired) electrons. The van der Waals surface area contributed by atoms with Crippen LogP contribution in [0.3, 0.4) is 0 Å². The molecule has 2 N–H and O–H groups in total. The molecule has 3 nitrogen and oxygen atoms in total. The summed E-state index contributed by atoms with van der Waals surface area (Å²) in [6.45, 7) is 3.60. The van der Waals surface area contributed by atoms with Crippen molar-refractivity contribution in [2.45, 2.75) is 19.4 Å². The van der Waals surface area contributed by atoms with Crippen LogP contribution in [-0.2, 0) is 0 Å². The minimum absolute atomic E-state index is 0.296. The SMILES string of the molecule is C=CN(CC(F)(F)F)/C(C)=C/C=C\C(O)O. The number of allylic oxidation sites excluding steroid dienone is 3. The molecule has 0 spiro atoms. The second-order valence-electron chi connectivity index (χ2n) is 3.03. The van der Waals surface area contributed by atoms with Crippen molar-refractivity contribution in [3.63, 3.8) is 0 Å². The first-order valence-electron chi connectivity index (χ1n) is 4.43. The van der Waals surface area contributed by atoms with Gasteiger partial charge in [0.25, 0.3) is 0 Å². The summed E-state index contributed by atoms with van der Waals surface area (Å²) in [5, 5.41) is 16.9. The third-order valence-electron chi connectivity index (χ3n) is 1.64. The molecule has 0 aliphatic rings. The highest BCUT2D eigenvalue weighted by Gasteiger charge is 2.29. The van der Waals surface area contributed by atoms with Crippen molar-refractivity contribution in [3.05, 3.63) is 36.7 Å². The van der Waals surface area contributed by atoms with E-state index in [1.807, 2.05) is 0 Å². The molecule has 0 fully saturated rings. The maximum atomic E-state index is 12.1. The smallest absolute Gasteiger partial charge is 0.365 e. The lowest BCUT2D eigenvalue weighted by Gasteiger charge is -2.21. The fourth-order valence-corrected chi connectivity index (χ4v) is 0.916. The summed E-state index contributed by atoms with van der Waals surface area (Å²) in [5.74, 6) is 0. The van der Waals surface area contributed by atoms with Crippen LogP contribution < -0.4 is 0 Å². The molecule has 0 atom stereocenters. The van der Waals surface area contributed by atoms with E-state index in [1.165, 1.54) is 19.1 Å². The summed E-state index contributed by atoms with van der Waals surface area (Å²) in [6.07, 6.45) is -1.27. The Morgan fingerprint density at radius 1 is 1.44 bits per heavy atom. The first-order valence-corrected chi connectivity index (χ1v) is 4.43. The third-order valence-corrected chi connectivity index (χ3v) is 1.64. The van der Waals surface area contributed by atoms with Crippen molar-refractivity contribution < 1.29 is 23.4 Å². The largest absolute Gasteiger partial charge is 0.406 e. The van der Waals surface area contributed by atoms with Crippen LogP contribution >= 0.6 is 0 Å². The fraction of sp³-hybridized carbons (Fsp3) is 0.400. The lowest BCUT2D eigenvalue weighted by molar-refractivity contribution is -0.137. The van der Waals surface area contributed by atoms with E-state index in [1.54, 1.807) is 0 Å². The predicted octanol–water partition coefficient (Wildman–Crippen LogP) is 1.76. The van der Waals surface area contributed by atoms with Gasteiger partial charge in [0.2, 0.25) is 0 Å². The summed E-state index contributed by atoms with van der Waals surface area (Å²) < 4.78 is 36.3. The first-order chi connectivity index (χ1) is 7.26. The number of halogens is 3. The van der Waals surface area contributed by atoms with Crippen LogP contribution in [0.4, 0.5) is 13.2 Å². The van der Waals surface area contributed by atoms with Gasteiger partial charge in [-0.25, -0.2) is 0 Å². The molecule has 0 saturated carbocycles. The number of hydrogen-bond acceptors (Lipinski definition) is 3. The Morgan fingerprint density at radius 3 is 2.38 bits per heavy atom. The van der Waals surface area contributed by atoms with E-state index in [4.69, 9.17) is 10.2 Å². The van der Waals surface area contributed by atoms with Gasteiger partial charge in [-0.15, -0.1) is 0 Å². The van der Waals surface area contributed by atoms with Crippen molar-refractivity contribution in [1.82, 2.24) is 4.90 Å². The third kappa shape index (κ3) is 7.08. The van der Waals surface area contributed by atoms with E-state index in [0.717, 1.165) is 17.2 Å². The first kappa shape index (κ1) is 14.7. The molecular formula is C10H14F3NO2. The molecule has 0 aliphatic heterocycles. The molecule has 0 saturated heterocycles. The van der Waals surface area contributed by atoms with E-state index >= 15 is 0 Å². The summed E-state index contributed by atoms with van der Waals surface area (Å²) in [4.78, 5) is 0.911. The second-order valence-corrected chi connectivity index (χ2v) is 3.03. The van der Waals surface area contributed by atoms with E-state index < -0.39 is 19.0 Å². The van der Waals surface area contributed by atoms with Gasteiger partial charge in [-0.3, -0.25) is 0 Å². The van der Waals surface area contributed by atoms with Crippen LogP contribution in [-0.4, -0.2) is 34.1 Å². The summed E-state index contributed by atoms with van der Waals surface area (Å²) in [7, 11) is 0. The Labute approximate surface area is 91.8 Å². The van der Waals surface area contributed by atoms with E-state index in [0.29, 0.717) is 5.70 Å². The van der Waals surface area contributed by atoms with Gasteiger partial charge in [0.15, 0.2) is 6.29 Å². The maximum absolute atomic E-state index is 12.1. The zero-order chi connectivity index (χ0) is 12.8. The molecular weight excluding hydrogens is 223 g/mol. The van der Waals surface area contributed by atoms with Gasteiger partial charge < -0.3 is 15.1 Å². The molecule has 92 valence electrons. The number of hydrogen-bond donors (Lipinski definition) is 2. The molecule has 0 aromatic rings. The van der Waals surface area contributed by atoms with Crippen molar-refractivity contribution in [3.8, 4) is 0 Å². The van der Waals surface area contributed by atoms with Crippen molar-refractivity contribution in [2.75, 3.05) is 6.54 Å². The van der Waals surface area contributed by atoms with Gasteiger partial charge in [0.05, 0.1) is 0 Å². The molecule has 0 aliphatic carbocycles. The molecule has 0 rings (SSSR count). The average Bonchev–Trinajstić information content (AvgIpc) is 2.11. The number of alkyl halides is 3. The van der Waals surface area contributed by atoms with Crippen LogP contribution in [0.15, 0.2) is 36.7 Å². The van der Waals surface area contributed by atoms with Crippen LogP contribution in [0.25, 0.3) is 0 Å². The Bertz CT molecular complexity index is 282. The predicted molar refractivity (Wildman–Crippen MR) is 54.1 cm³/mol.